The monoisotopic (exact) mass is 283 g/mol. The largest absolute Gasteiger partial charge is 0.469 e. The summed E-state index contributed by atoms with van der Waals surface area (Å²) < 4.78 is 4.58. The third-order valence-electron chi connectivity index (χ3n) is 2.68. The fraction of sp³-hybridized carbons (Fsp3) is 0.429. The van der Waals surface area contributed by atoms with Gasteiger partial charge in [-0.3, -0.25) is 9.59 Å². The van der Waals surface area contributed by atoms with Crippen molar-refractivity contribution in [2.24, 2.45) is 0 Å². The van der Waals surface area contributed by atoms with Crippen LogP contribution in [-0.4, -0.2) is 37.8 Å². The minimum Gasteiger partial charge on any atom is -0.469 e. The maximum atomic E-state index is 11.8. The molecular formula is C14H18ClNO3. The van der Waals surface area contributed by atoms with Crippen molar-refractivity contribution in [3.8, 4) is 0 Å². The Labute approximate surface area is 118 Å². The number of ketones is 1. The standard InChI is InChI=1S/C14H18ClNO3/c1-19-14(18)7-4-11-2-5-12(6-3-11)13(17)10-16-9-8-15/h2-3,5-6,16H,4,7-10H2,1H3. The Hall–Kier alpha value is -1.39. The van der Waals surface area contributed by atoms with Crippen LogP contribution in [-0.2, 0) is 16.0 Å². The van der Waals surface area contributed by atoms with Crippen LogP contribution < -0.4 is 5.32 Å². The van der Waals surface area contributed by atoms with E-state index < -0.39 is 0 Å². The lowest BCUT2D eigenvalue weighted by Gasteiger charge is -2.04. The number of nitrogens with one attached hydrogen (secondary N) is 1. The third-order valence-corrected chi connectivity index (χ3v) is 2.87. The van der Waals surface area contributed by atoms with Crippen LogP contribution in [0.2, 0.25) is 0 Å². The van der Waals surface area contributed by atoms with Crippen molar-refractivity contribution in [2.75, 3.05) is 26.1 Å². The quantitative estimate of drug-likeness (QED) is 0.342. The number of esters is 1. The molecule has 0 bridgehead atoms. The van der Waals surface area contributed by atoms with Crippen molar-refractivity contribution >= 4 is 23.4 Å². The SMILES string of the molecule is COC(=O)CCc1ccc(C(=O)CNCCCl)cc1. The van der Waals surface area contributed by atoms with E-state index in [0.29, 0.717) is 30.8 Å². The van der Waals surface area contributed by atoms with Crippen molar-refractivity contribution < 1.29 is 14.3 Å². The molecule has 1 rings (SSSR count). The molecule has 104 valence electrons. The van der Waals surface area contributed by atoms with Crippen molar-refractivity contribution in [1.82, 2.24) is 5.32 Å². The van der Waals surface area contributed by atoms with Crippen LogP contribution in [0.3, 0.4) is 0 Å². The minimum atomic E-state index is -0.231. The Morgan fingerprint density at radius 3 is 2.53 bits per heavy atom. The number of carbonyl (C=O) groups is 2. The predicted octanol–water partition coefficient (Wildman–Crippen LogP) is 1.80. The number of hydrogen-bond donors (Lipinski definition) is 1. The number of halogens is 1. The molecule has 1 N–H and O–H groups in total. The van der Waals surface area contributed by atoms with E-state index in [1.165, 1.54) is 7.11 Å². The molecule has 1 aromatic rings. The number of benzene rings is 1. The second kappa shape index (κ2) is 8.67. The maximum absolute atomic E-state index is 11.8. The molecule has 0 saturated heterocycles. The average Bonchev–Trinajstić information content (AvgIpc) is 2.45. The highest BCUT2D eigenvalue weighted by molar-refractivity contribution is 6.18. The Bertz CT molecular complexity index is 417. The molecular weight excluding hydrogens is 266 g/mol. The molecule has 0 heterocycles. The highest BCUT2D eigenvalue weighted by Crippen LogP contribution is 2.07. The lowest BCUT2D eigenvalue weighted by atomic mass is 10.1. The fourth-order valence-electron chi connectivity index (χ4n) is 1.58. The molecule has 1 aromatic carbocycles. The van der Waals surface area contributed by atoms with E-state index in [0.717, 1.165) is 5.56 Å². The van der Waals surface area contributed by atoms with Gasteiger partial charge in [0.05, 0.1) is 13.7 Å². The molecule has 0 aliphatic heterocycles. The summed E-state index contributed by atoms with van der Waals surface area (Å²) in [6.45, 7) is 0.902. The topological polar surface area (TPSA) is 55.4 Å². The summed E-state index contributed by atoms with van der Waals surface area (Å²) in [6.07, 6.45) is 0.965. The predicted molar refractivity (Wildman–Crippen MR) is 74.7 cm³/mol. The van der Waals surface area contributed by atoms with Gasteiger partial charge < -0.3 is 10.1 Å². The van der Waals surface area contributed by atoms with Crippen LogP contribution >= 0.6 is 11.6 Å². The van der Waals surface area contributed by atoms with Gasteiger partial charge in [0.25, 0.3) is 0 Å². The van der Waals surface area contributed by atoms with Gasteiger partial charge in [0, 0.05) is 24.4 Å². The molecule has 0 aliphatic rings. The molecule has 19 heavy (non-hydrogen) atoms. The van der Waals surface area contributed by atoms with E-state index in [4.69, 9.17) is 11.6 Å². The average molecular weight is 284 g/mol. The highest BCUT2D eigenvalue weighted by Gasteiger charge is 2.06. The van der Waals surface area contributed by atoms with Gasteiger partial charge in [-0.1, -0.05) is 24.3 Å². The number of alkyl halides is 1. The first kappa shape index (κ1) is 15.7. The lowest BCUT2D eigenvalue weighted by Crippen LogP contribution is -2.24. The maximum Gasteiger partial charge on any atom is 0.305 e. The Kier molecular flexibility index (Phi) is 7.15. The Balaban J connectivity index is 2.46. The summed E-state index contributed by atoms with van der Waals surface area (Å²) in [7, 11) is 1.37. The summed E-state index contributed by atoms with van der Waals surface area (Å²) >= 11 is 5.51. The molecule has 0 aliphatic carbocycles. The first-order valence-electron chi connectivity index (χ1n) is 6.13. The molecule has 0 amide bonds. The number of methoxy groups -OCH3 is 1. The summed E-state index contributed by atoms with van der Waals surface area (Å²) in [5, 5.41) is 2.95. The van der Waals surface area contributed by atoms with Crippen LogP contribution in [0.25, 0.3) is 0 Å². The zero-order valence-electron chi connectivity index (χ0n) is 10.9. The number of rotatable bonds is 8. The van der Waals surface area contributed by atoms with Gasteiger partial charge in [0.15, 0.2) is 5.78 Å². The van der Waals surface area contributed by atoms with Crippen LogP contribution in [0, 0.1) is 0 Å². The van der Waals surface area contributed by atoms with Crippen molar-refractivity contribution in [3.63, 3.8) is 0 Å². The van der Waals surface area contributed by atoms with Gasteiger partial charge in [0.1, 0.15) is 0 Å². The smallest absolute Gasteiger partial charge is 0.305 e. The Morgan fingerprint density at radius 1 is 1.26 bits per heavy atom. The van der Waals surface area contributed by atoms with E-state index in [9.17, 15) is 9.59 Å². The molecule has 0 saturated carbocycles. The second-order valence-electron chi connectivity index (χ2n) is 4.06. The van der Waals surface area contributed by atoms with E-state index in [1.807, 2.05) is 12.1 Å². The van der Waals surface area contributed by atoms with E-state index in [1.54, 1.807) is 12.1 Å². The minimum absolute atomic E-state index is 0.0321. The van der Waals surface area contributed by atoms with E-state index in [2.05, 4.69) is 10.1 Å². The molecule has 0 fully saturated rings. The van der Waals surface area contributed by atoms with Gasteiger partial charge in [-0.25, -0.2) is 0 Å². The number of carbonyl (C=O) groups excluding carboxylic acids is 2. The van der Waals surface area contributed by atoms with Crippen LogP contribution in [0.1, 0.15) is 22.3 Å². The number of Topliss-reactive ketones (excluding diaryl/α,β-unsaturated/α-hetero) is 1. The number of aryl methyl sites for hydroxylation is 1. The van der Waals surface area contributed by atoms with Crippen molar-refractivity contribution in [2.45, 2.75) is 12.8 Å². The molecule has 0 aromatic heterocycles. The van der Waals surface area contributed by atoms with Gasteiger partial charge in [-0.05, 0) is 12.0 Å². The van der Waals surface area contributed by atoms with Crippen molar-refractivity contribution in [3.05, 3.63) is 35.4 Å². The summed E-state index contributed by atoms with van der Waals surface area (Å²) in [5.74, 6) is 0.287. The molecule has 5 heteroatoms. The second-order valence-corrected chi connectivity index (χ2v) is 4.44. The summed E-state index contributed by atoms with van der Waals surface area (Å²) in [5.41, 5.74) is 1.67. The van der Waals surface area contributed by atoms with Crippen LogP contribution in [0.4, 0.5) is 0 Å². The fourth-order valence-corrected chi connectivity index (χ4v) is 1.71. The van der Waals surface area contributed by atoms with Gasteiger partial charge in [-0.15, -0.1) is 11.6 Å². The van der Waals surface area contributed by atoms with Crippen LogP contribution in [0.5, 0.6) is 0 Å². The summed E-state index contributed by atoms with van der Waals surface area (Å²) in [4.78, 5) is 22.8. The normalized spacial score (nSPS) is 10.2. The molecule has 4 nitrogen and oxygen atoms in total. The number of hydrogen-bond acceptors (Lipinski definition) is 4. The zero-order chi connectivity index (χ0) is 14.1. The number of ether oxygens (including phenoxy) is 1. The molecule has 0 unspecified atom stereocenters. The van der Waals surface area contributed by atoms with Crippen LogP contribution in [0.15, 0.2) is 24.3 Å². The Morgan fingerprint density at radius 2 is 1.95 bits per heavy atom. The van der Waals surface area contributed by atoms with Crippen molar-refractivity contribution in [1.29, 1.82) is 0 Å². The first-order valence-corrected chi connectivity index (χ1v) is 6.66. The summed E-state index contributed by atoms with van der Waals surface area (Å²) in [6, 6.07) is 7.27. The lowest BCUT2D eigenvalue weighted by molar-refractivity contribution is -0.140. The molecule has 0 spiro atoms. The van der Waals surface area contributed by atoms with Gasteiger partial charge in [0.2, 0.25) is 0 Å². The van der Waals surface area contributed by atoms with Gasteiger partial charge in [-0.2, -0.15) is 0 Å². The van der Waals surface area contributed by atoms with E-state index in [-0.39, 0.29) is 18.3 Å². The molecule has 0 radical (unpaired) electrons. The zero-order valence-corrected chi connectivity index (χ0v) is 11.7. The first-order chi connectivity index (χ1) is 9.17. The third kappa shape index (κ3) is 5.85. The van der Waals surface area contributed by atoms with E-state index >= 15 is 0 Å². The van der Waals surface area contributed by atoms with Gasteiger partial charge >= 0.3 is 5.97 Å². The molecule has 0 atom stereocenters. The highest BCUT2D eigenvalue weighted by atomic mass is 35.5.